The fraction of sp³-hybridized carbons (Fsp3) is 0.471. The summed E-state index contributed by atoms with van der Waals surface area (Å²) in [4.78, 5) is 18.4. The summed E-state index contributed by atoms with van der Waals surface area (Å²) in [6, 6.07) is 4.26. The molecule has 0 aliphatic carbocycles. The zero-order valence-corrected chi connectivity index (χ0v) is 13.7. The molecule has 7 nitrogen and oxygen atoms in total. The molecule has 0 aromatic carbocycles. The maximum atomic E-state index is 13.9. The van der Waals surface area contributed by atoms with Crippen LogP contribution in [-0.4, -0.2) is 52.3 Å². The Kier molecular flexibility index (Phi) is 4.12. The van der Waals surface area contributed by atoms with Crippen LogP contribution in [-0.2, 0) is 4.74 Å². The van der Waals surface area contributed by atoms with Crippen molar-refractivity contribution in [3.8, 4) is 5.88 Å². The number of rotatable bonds is 3. The van der Waals surface area contributed by atoms with Crippen LogP contribution in [0.15, 0.2) is 28.9 Å². The first-order valence-corrected chi connectivity index (χ1v) is 8.26. The van der Waals surface area contributed by atoms with Crippen molar-refractivity contribution < 1.29 is 23.2 Å². The minimum absolute atomic E-state index is 0.0768. The Labute approximate surface area is 143 Å². The molecule has 4 rings (SSSR count). The number of ether oxygens (including phenoxy) is 2. The van der Waals surface area contributed by atoms with Gasteiger partial charge in [0.15, 0.2) is 11.5 Å². The monoisotopic (exact) mass is 347 g/mol. The molecule has 2 aromatic heterocycles. The second-order valence-corrected chi connectivity index (χ2v) is 6.27. The molecule has 8 heteroatoms. The molecule has 25 heavy (non-hydrogen) atoms. The van der Waals surface area contributed by atoms with Crippen molar-refractivity contribution in [3.63, 3.8) is 0 Å². The van der Waals surface area contributed by atoms with E-state index in [1.807, 2.05) is 0 Å². The maximum absolute atomic E-state index is 13.9. The van der Waals surface area contributed by atoms with Gasteiger partial charge >= 0.3 is 0 Å². The number of fused-ring (bicyclic) bond motifs is 1. The summed E-state index contributed by atoms with van der Waals surface area (Å²) in [6.07, 6.45) is 2.33. The number of carbonyl (C=O) groups is 1. The van der Waals surface area contributed by atoms with Gasteiger partial charge in [-0.2, -0.15) is 0 Å². The fourth-order valence-corrected chi connectivity index (χ4v) is 3.46. The van der Waals surface area contributed by atoms with Crippen LogP contribution in [0.2, 0.25) is 0 Å². The Balaban J connectivity index is 1.57. The molecule has 132 valence electrons. The molecule has 2 fully saturated rings. The average Bonchev–Trinajstić information content (AvgIpc) is 3.21. The van der Waals surface area contributed by atoms with Gasteiger partial charge in [-0.1, -0.05) is 5.16 Å². The van der Waals surface area contributed by atoms with E-state index in [4.69, 9.17) is 14.0 Å². The minimum Gasteiger partial charge on any atom is -0.468 e. The molecule has 0 bridgehead atoms. The van der Waals surface area contributed by atoms with Gasteiger partial charge < -0.3 is 18.9 Å². The number of likely N-dealkylation sites (tertiary alicyclic amines) is 1. The molecule has 2 aliphatic rings. The fourth-order valence-electron chi connectivity index (χ4n) is 3.46. The van der Waals surface area contributed by atoms with E-state index in [9.17, 15) is 9.18 Å². The molecular formula is C17H18FN3O4. The number of nitrogens with zero attached hydrogens (tertiary/aromatic N) is 3. The van der Waals surface area contributed by atoms with Crippen molar-refractivity contribution in [2.45, 2.75) is 38.0 Å². The van der Waals surface area contributed by atoms with Gasteiger partial charge in [0.05, 0.1) is 12.6 Å². The Morgan fingerprint density at radius 2 is 2.36 bits per heavy atom. The second kappa shape index (κ2) is 6.44. The van der Waals surface area contributed by atoms with Crippen molar-refractivity contribution in [1.82, 2.24) is 15.0 Å². The number of hydrogen-bond acceptors (Lipinski definition) is 6. The predicted molar refractivity (Wildman–Crippen MR) is 83.6 cm³/mol. The molecule has 2 aliphatic heterocycles. The molecule has 0 N–H and O–H groups in total. The summed E-state index contributed by atoms with van der Waals surface area (Å²) < 4.78 is 30.4. The van der Waals surface area contributed by atoms with Gasteiger partial charge in [-0.25, -0.2) is 9.37 Å². The van der Waals surface area contributed by atoms with E-state index in [2.05, 4.69) is 10.1 Å². The molecule has 2 aromatic rings. The van der Waals surface area contributed by atoms with E-state index in [0.717, 1.165) is 12.8 Å². The van der Waals surface area contributed by atoms with Gasteiger partial charge in [-0.3, -0.25) is 4.79 Å². The highest BCUT2D eigenvalue weighted by atomic mass is 19.1. The largest absolute Gasteiger partial charge is 0.468 e. The van der Waals surface area contributed by atoms with Crippen LogP contribution < -0.4 is 4.74 Å². The zero-order chi connectivity index (χ0) is 17.4. The Hall–Kier alpha value is -2.48. The highest BCUT2D eigenvalue weighted by molar-refractivity contribution is 5.92. The Morgan fingerprint density at radius 1 is 1.48 bits per heavy atom. The molecule has 0 saturated carbocycles. The van der Waals surface area contributed by atoms with Gasteiger partial charge in [0, 0.05) is 18.9 Å². The zero-order valence-electron chi connectivity index (χ0n) is 13.7. The SMILES string of the molecule is Cc1cc(C(=O)N2C[C@@H](Oc3ncccc3F)[C@H]3OCCC[C@H]32)no1. The van der Waals surface area contributed by atoms with Crippen molar-refractivity contribution in [2.24, 2.45) is 0 Å². The van der Waals surface area contributed by atoms with E-state index < -0.39 is 11.9 Å². The van der Waals surface area contributed by atoms with Crippen molar-refractivity contribution >= 4 is 5.91 Å². The number of amides is 1. The molecule has 2 saturated heterocycles. The number of halogens is 1. The maximum Gasteiger partial charge on any atom is 0.276 e. The van der Waals surface area contributed by atoms with Crippen LogP contribution in [0.4, 0.5) is 4.39 Å². The summed E-state index contributed by atoms with van der Waals surface area (Å²) in [5, 5.41) is 3.80. The molecule has 3 atom stereocenters. The van der Waals surface area contributed by atoms with E-state index in [1.54, 1.807) is 17.9 Å². The standard InChI is InChI=1S/C17H18FN3O4/c1-10-8-12(20-25-10)17(22)21-9-14(15-13(21)5-3-7-23-15)24-16-11(18)4-2-6-19-16/h2,4,6,8,13-15H,3,5,7,9H2,1H3/t13-,14-,15+/m1/s1. The summed E-state index contributed by atoms with van der Waals surface area (Å²) in [6.45, 7) is 2.61. The highest BCUT2D eigenvalue weighted by Crippen LogP contribution is 2.32. The van der Waals surface area contributed by atoms with Crippen molar-refractivity contribution in [3.05, 3.63) is 41.7 Å². The third-order valence-electron chi connectivity index (χ3n) is 4.57. The van der Waals surface area contributed by atoms with Gasteiger partial charge in [0.1, 0.15) is 18.0 Å². The normalized spacial score (nSPS) is 25.7. The van der Waals surface area contributed by atoms with Crippen LogP contribution in [0.5, 0.6) is 5.88 Å². The first-order chi connectivity index (χ1) is 12.1. The lowest BCUT2D eigenvalue weighted by Gasteiger charge is -2.31. The van der Waals surface area contributed by atoms with Crippen LogP contribution in [0.1, 0.15) is 29.1 Å². The van der Waals surface area contributed by atoms with E-state index in [-0.39, 0.29) is 36.2 Å². The topological polar surface area (TPSA) is 77.7 Å². The van der Waals surface area contributed by atoms with Gasteiger partial charge in [0.2, 0.25) is 0 Å². The Morgan fingerprint density at radius 3 is 3.12 bits per heavy atom. The number of aromatic nitrogens is 2. The molecule has 0 unspecified atom stereocenters. The minimum atomic E-state index is -0.535. The Bertz CT molecular complexity index is 781. The van der Waals surface area contributed by atoms with Crippen LogP contribution in [0, 0.1) is 12.7 Å². The van der Waals surface area contributed by atoms with Gasteiger partial charge in [0.25, 0.3) is 11.8 Å². The van der Waals surface area contributed by atoms with Gasteiger partial charge in [-0.05, 0) is 31.9 Å². The predicted octanol–water partition coefficient (Wildman–Crippen LogP) is 1.97. The molecule has 4 heterocycles. The molecular weight excluding hydrogens is 329 g/mol. The summed E-state index contributed by atoms with van der Waals surface area (Å²) >= 11 is 0. The third kappa shape index (κ3) is 2.97. The third-order valence-corrected chi connectivity index (χ3v) is 4.57. The van der Waals surface area contributed by atoms with Crippen LogP contribution in [0.3, 0.4) is 0 Å². The summed E-state index contributed by atoms with van der Waals surface area (Å²) in [5.41, 5.74) is 0.256. The quantitative estimate of drug-likeness (QED) is 0.845. The molecule has 1 amide bonds. The van der Waals surface area contributed by atoms with Crippen LogP contribution in [0.25, 0.3) is 0 Å². The number of pyridine rings is 1. The van der Waals surface area contributed by atoms with E-state index >= 15 is 0 Å². The van der Waals surface area contributed by atoms with E-state index in [1.165, 1.54) is 18.3 Å². The lowest BCUT2D eigenvalue weighted by atomic mass is 10.0. The number of aryl methyl sites for hydroxylation is 1. The summed E-state index contributed by atoms with van der Waals surface area (Å²) in [7, 11) is 0. The summed E-state index contributed by atoms with van der Waals surface area (Å²) in [5.74, 6) is -0.272. The van der Waals surface area contributed by atoms with Gasteiger partial charge in [-0.15, -0.1) is 0 Å². The van der Waals surface area contributed by atoms with Crippen molar-refractivity contribution in [2.75, 3.05) is 13.2 Å². The van der Waals surface area contributed by atoms with E-state index in [0.29, 0.717) is 12.4 Å². The first-order valence-electron chi connectivity index (χ1n) is 8.26. The lowest BCUT2D eigenvalue weighted by Crippen LogP contribution is -2.44. The average molecular weight is 347 g/mol. The number of hydrogen-bond donors (Lipinski definition) is 0. The smallest absolute Gasteiger partial charge is 0.276 e. The number of carbonyl (C=O) groups excluding carboxylic acids is 1. The lowest BCUT2D eigenvalue weighted by molar-refractivity contribution is -0.0463. The first kappa shape index (κ1) is 16.0. The molecule has 0 radical (unpaired) electrons. The second-order valence-electron chi connectivity index (χ2n) is 6.27. The highest BCUT2D eigenvalue weighted by Gasteiger charge is 2.48. The molecule has 0 spiro atoms. The van der Waals surface area contributed by atoms with Crippen LogP contribution >= 0.6 is 0 Å². The van der Waals surface area contributed by atoms with Crippen molar-refractivity contribution in [1.29, 1.82) is 0 Å².